The summed E-state index contributed by atoms with van der Waals surface area (Å²) in [5.41, 5.74) is 1.54. The van der Waals surface area contributed by atoms with E-state index in [0.717, 1.165) is 24.0 Å². The molecule has 2 fully saturated rings. The molecule has 0 spiro atoms. The number of nitrogens with zero attached hydrogens (tertiary/aromatic N) is 1. The highest BCUT2D eigenvalue weighted by Crippen LogP contribution is 2.54. The van der Waals surface area contributed by atoms with Gasteiger partial charge in [-0.2, -0.15) is 0 Å². The topological polar surface area (TPSA) is 40.5 Å². The van der Waals surface area contributed by atoms with Crippen molar-refractivity contribution in [3.8, 4) is 0 Å². The van der Waals surface area contributed by atoms with E-state index < -0.39 is 11.5 Å². The van der Waals surface area contributed by atoms with Crippen LogP contribution in [-0.4, -0.2) is 28.1 Å². The van der Waals surface area contributed by atoms with Gasteiger partial charge in [0.25, 0.3) is 0 Å². The van der Waals surface area contributed by atoms with E-state index in [1.165, 1.54) is 0 Å². The van der Waals surface area contributed by atoms with Crippen LogP contribution in [0.25, 0.3) is 0 Å². The minimum atomic E-state index is -0.599. The zero-order chi connectivity index (χ0) is 23.8. The molecule has 1 amide bonds. The number of carbonyl (C=O) groups is 1. The monoisotopic (exact) mass is 485 g/mol. The van der Waals surface area contributed by atoms with Crippen LogP contribution in [0.2, 0.25) is 10.0 Å². The largest absolute Gasteiger partial charge is 0.391 e. The number of rotatable bonds is 8. The first-order chi connectivity index (χ1) is 15.8. The molecule has 5 atom stereocenters. The third-order valence-electron chi connectivity index (χ3n) is 7.42. The van der Waals surface area contributed by atoms with Gasteiger partial charge < -0.3 is 10.0 Å². The van der Waals surface area contributed by atoms with Gasteiger partial charge in [0.05, 0.1) is 23.6 Å². The molecule has 2 aliphatic rings. The Morgan fingerprint density at radius 2 is 1.85 bits per heavy atom. The van der Waals surface area contributed by atoms with Crippen LogP contribution in [0.3, 0.4) is 0 Å². The molecule has 1 aliphatic heterocycles. The van der Waals surface area contributed by atoms with Crippen LogP contribution < -0.4 is 0 Å². The summed E-state index contributed by atoms with van der Waals surface area (Å²) in [6.45, 7) is 7.98. The number of carbonyl (C=O) groups excluding carboxylic acids is 1. The van der Waals surface area contributed by atoms with Gasteiger partial charge in [0.2, 0.25) is 5.91 Å². The Balaban J connectivity index is 1.92. The van der Waals surface area contributed by atoms with Gasteiger partial charge >= 0.3 is 0 Å². The smallest absolute Gasteiger partial charge is 0.229 e. The Morgan fingerprint density at radius 3 is 2.42 bits per heavy atom. The van der Waals surface area contributed by atoms with E-state index in [1.807, 2.05) is 67.3 Å². The van der Waals surface area contributed by atoms with Gasteiger partial charge in [-0.3, -0.25) is 4.79 Å². The third-order valence-corrected chi connectivity index (χ3v) is 7.91. The molecule has 3 nitrogen and oxygen atoms in total. The molecule has 4 rings (SSSR count). The number of allylic oxidation sites excluding steroid dienone is 1. The minimum Gasteiger partial charge on any atom is -0.391 e. The Hall–Kier alpha value is -1.81. The van der Waals surface area contributed by atoms with E-state index >= 15 is 0 Å². The number of amides is 1. The predicted molar refractivity (Wildman–Crippen MR) is 136 cm³/mol. The summed E-state index contributed by atoms with van der Waals surface area (Å²) in [7, 11) is 0. The highest BCUT2D eigenvalue weighted by Gasteiger charge is 2.54. The van der Waals surface area contributed by atoms with Crippen LogP contribution in [0.4, 0.5) is 0 Å². The number of halogens is 2. The standard InChI is InChI=1S/C28H33Cl2NO2/c1-4-15-28(3)17-23(20-7-6-8-22(30)16-20)25(18-11-13-21(29)14-12-18)31(27(28)33)26(19-9-10-19)24(32)5-2/h4,6-8,11-14,16,19,23-26,32H,1,5,9-10,15,17H2,2-3H3/t23-,24-,25?,26+,28+/m1/s1. The molecule has 2 aromatic carbocycles. The fourth-order valence-electron chi connectivity index (χ4n) is 5.62. The van der Waals surface area contributed by atoms with Crippen LogP contribution in [0.5, 0.6) is 0 Å². The van der Waals surface area contributed by atoms with Crippen molar-refractivity contribution in [3.05, 3.63) is 82.4 Å². The van der Waals surface area contributed by atoms with E-state index in [1.54, 1.807) is 0 Å². The highest BCUT2D eigenvalue weighted by atomic mass is 35.5. The summed E-state index contributed by atoms with van der Waals surface area (Å²) in [5, 5.41) is 12.5. The van der Waals surface area contributed by atoms with Crippen LogP contribution >= 0.6 is 23.2 Å². The van der Waals surface area contributed by atoms with Gasteiger partial charge in [-0.25, -0.2) is 0 Å². The Labute approximate surface area is 207 Å². The number of piperidine rings is 1. The third kappa shape index (κ3) is 4.87. The number of hydrogen-bond donors (Lipinski definition) is 1. The summed E-state index contributed by atoms with van der Waals surface area (Å²) >= 11 is 12.6. The van der Waals surface area contributed by atoms with E-state index in [4.69, 9.17) is 23.2 Å². The van der Waals surface area contributed by atoms with E-state index in [0.29, 0.717) is 35.2 Å². The summed E-state index contributed by atoms with van der Waals surface area (Å²) in [5.74, 6) is 0.452. The number of hydrogen-bond acceptors (Lipinski definition) is 2. The number of benzene rings is 2. The molecule has 176 valence electrons. The molecule has 2 aromatic rings. The van der Waals surface area contributed by atoms with E-state index in [-0.39, 0.29) is 23.9 Å². The first-order valence-electron chi connectivity index (χ1n) is 11.9. The zero-order valence-electron chi connectivity index (χ0n) is 19.4. The molecule has 0 aromatic heterocycles. The fourth-order valence-corrected chi connectivity index (χ4v) is 5.95. The Morgan fingerprint density at radius 1 is 1.15 bits per heavy atom. The van der Waals surface area contributed by atoms with Gasteiger partial charge in [0, 0.05) is 16.0 Å². The molecule has 1 heterocycles. The van der Waals surface area contributed by atoms with E-state index in [9.17, 15) is 9.90 Å². The average molecular weight is 486 g/mol. The maximum Gasteiger partial charge on any atom is 0.229 e. The Kier molecular flexibility index (Phi) is 7.23. The molecule has 33 heavy (non-hydrogen) atoms. The molecule has 1 aliphatic carbocycles. The molecule has 0 radical (unpaired) electrons. The van der Waals surface area contributed by atoms with Crippen molar-refractivity contribution in [1.82, 2.24) is 4.90 Å². The second kappa shape index (κ2) is 9.82. The van der Waals surface area contributed by atoms with Crippen molar-refractivity contribution in [2.75, 3.05) is 0 Å². The first-order valence-corrected chi connectivity index (χ1v) is 12.7. The second-order valence-corrected chi connectivity index (χ2v) is 10.8. The second-order valence-electron chi connectivity index (χ2n) is 9.93. The quantitative estimate of drug-likeness (QED) is 0.402. The molecule has 0 bridgehead atoms. The van der Waals surface area contributed by atoms with Crippen molar-refractivity contribution in [1.29, 1.82) is 0 Å². The van der Waals surface area contributed by atoms with E-state index in [2.05, 4.69) is 12.6 Å². The lowest BCUT2D eigenvalue weighted by Gasteiger charge is -2.53. The van der Waals surface area contributed by atoms with Gasteiger partial charge in [-0.05, 0) is 73.4 Å². The van der Waals surface area contributed by atoms with Crippen LogP contribution in [0, 0.1) is 11.3 Å². The van der Waals surface area contributed by atoms with Crippen molar-refractivity contribution >= 4 is 29.1 Å². The van der Waals surface area contributed by atoms with Gasteiger partial charge in [0.1, 0.15) is 0 Å². The lowest BCUT2D eigenvalue weighted by molar-refractivity contribution is -0.159. The summed E-state index contributed by atoms with van der Waals surface area (Å²) in [6.07, 6.45) is 5.24. The number of likely N-dealkylation sites (tertiary alicyclic amines) is 1. The lowest BCUT2D eigenvalue weighted by Crippen LogP contribution is -2.59. The van der Waals surface area contributed by atoms with Gasteiger partial charge in [0.15, 0.2) is 0 Å². The molecule has 1 unspecified atom stereocenters. The molecule has 1 saturated heterocycles. The van der Waals surface area contributed by atoms with Crippen LogP contribution in [0.15, 0.2) is 61.2 Å². The Bertz CT molecular complexity index is 1000. The lowest BCUT2D eigenvalue weighted by atomic mass is 9.66. The highest BCUT2D eigenvalue weighted by molar-refractivity contribution is 6.30. The number of aliphatic hydroxyl groups is 1. The maximum atomic E-state index is 14.2. The predicted octanol–water partition coefficient (Wildman–Crippen LogP) is 7.18. The molecule has 1 N–H and O–H groups in total. The first kappa shape index (κ1) is 24.3. The molecular weight excluding hydrogens is 453 g/mol. The maximum absolute atomic E-state index is 14.2. The number of aliphatic hydroxyl groups excluding tert-OH is 1. The van der Waals surface area contributed by atoms with Crippen molar-refractivity contribution in [2.24, 2.45) is 11.3 Å². The van der Waals surface area contributed by atoms with Crippen molar-refractivity contribution in [2.45, 2.75) is 70.1 Å². The fraction of sp³-hybridized carbons (Fsp3) is 0.464. The minimum absolute atomic E-state index is 0.0258. The zero-order valence-corrected chi connectivity index (χ0v) is 20.9. The van der Waals surface area contributed by atoms with Crippen molar-refractivity contribution in [3.63, 3.8) is 0 Å². The van der Waals surface area contributed by atoms with Gasteiger partial charge in [-0.15, -0.1) is 6.58 Å². The molecular formula is C28H33Cl2NO2. The molecule has 1 saturated carbocycles. The van der Waals surface area contributed by atoms with Gasteiger partial charge in [-0.1, -0.05) is 67.4 Å². The van der Waals surface area contributed by atoms with Crippen LogP contribution in [0.1, 0.15) is 69.0 Å². The normalized spacial score (nSPS) is 27.3. The summed E-state index contributed by atoms with van der Waals surface area (Å²) in [6, 6.07) is 15.3. The average Bonchev–Trinajstić information content (AvgIpc) is 3.63. The SMILES string of the molecule is C=CC[C@@]1(C)C[C@H](c2cccc(Cl)c2)C(c2ccc(Cl)cc2)N([C@@H](C2CC2)[C@H](O)CC)C1=O. The summed E-state index contributed by atoms with van der Waals surface area (Å²) in [4.78, 5) is 16.3. The van der Waals surface area contributed by atoms with Crippen LogP contribution in [-0.2, 0) is 4.79 Å². The summed E-state index contributed by atoms with van der Waals surface area (Å²) < 4.78 is 0. The van der Waals surface area contributed by atoms with Crippen molar-refractivity contribution < 1.29 is 9.90 Å². The molecule has 5 heteroatoms.